The predicted molar refractivity (Wildman–Crippen MR) is 49.8 cm³/mol. The van der Waals surface area contributed by atoms with E-state index in [1.165, 1.54) is 12.1 Å². The molecule has 1 rings (SSSR count). The van der Waals surface area contributed by atoms with Gasteiger partial charge in [-0.3, -0.25) is 30.3 Å². The zero-order chi connectivity index (χ0) is 12.3. The highest BCUT2D eigenvalue weighted by molar-refractivity contribution is 5.40. The summed E-state index contributed by atoms with van der Waals surface area (Å²) in [5, 5.41) is 31.4. The van der Waals surface area contributed by atoms with Crippen LogP contribution in [0.3, 0.4) is 0 Å². The van der Waals surface area contributed by atoms with Crippen LogP contribution in [0.4, 0.5) is 5.69 Å². The van der Waals surface area contributed by atoms with Crippen LogP contribution in [0.25, 0.3) is 0 Å². The van der Waals surface area contributed by atoms with Gasteiger partial charge in [-0.2, -0.15) is 0 Å². The lowest BCUT2D eigenvalue weighted by Gasteiger charge is -2.02. The normalized spacial score (nSPS) is 10.1. The van der Waals surface area contributed by atoms with Crippen molar-refractivity contribution in [2.75, 3.05) is 0 Å². The van der Waals surface area contributed by atoms with E-state index in [0.717, 1.165) is 12.1 Å². The van der Waals surface area contributed by atoms with Gasteiger partial charge in [0.25, 0.3) is 5.69 Å². The molecule has 9 heteroatoms. The van der Waals surface area contributed by atoms with Crippen molar-refractivity contribution in [1.82, 2.24) is 0 Å². The Hall–Kier alpha value is -2.58. The first kappa shape index (κ1) is 11.5. The third-order valence-corrected chi connectivity index (χ3v) is 1.81. The minimum Gasteiger partial charge on any atom is -0.258 e. The largest absolute Gasteiger partial charge is 0.483 e. The first-order chi connectivity index (χ1) is 7.45. The van der Waals surface area contributed by atoms with E-state index >= 15 is 0 Å². The Morgan fingerprint density at radius 1 is 0.938 bits per heavy atom. The number of rotatable bonds is 4. The summed E-state index contributed by atoms with van der Waals surface area (Å²) in [5.74, 6) is 0. The molecule has 0 heterocycles. The summed E-state index contributed by atoms with van der Waals surface area (Å²) in [7, 11) is 0. The fourth-order valence-electron chi connectivity index (χ4n) is 1.18. The van der Waals surface area contributed by atoms with Gasteiger partial charge in [-0.05, 0) is 6.07 Å². The van der Waals surface area contributed by atoms with Crippen LogP contribution in [0.1, 0.15) is 11.7 Å². The van der Waals surface area contributed by atoms with Gasteiger partial charge < -0.3 is 0 Å². The lowest BCUT2D eigenvalue weighted by atomic mass is 10.1. The molecule has 0 fully saturated rings. The van der Waals surface area contributed by atoms with Crippen molar-refractivity contribution in [1.29, 1.82) is 0 Å². The van der Waals surface area contributed by atoms with Crippen molar-refractivity contribution in [3.8, 4) is 0 Å². The Morgan fingerprint density at radius 3 is 1.88 bits per heavy atom. The molecule has 1 aromatic carbocycles. The predicted octanol–water partition coefficient (Wildman–Crippen LogP) is 1.15. The molecule has 0 amide bonds. The van der Waals surface area contributed by atoms with Crippen LogP contribution >= 0.6 is 0 Å². The molecule has 0 unspecified atom stereocenters. The molecule has 9 nitrogen and oxygen atoms in total. The van der Waals surface area contributed by atoms with Crippen molar-refractivity contribution in [3.63, 3.8) is 0 Å². The Bertz CT molecular complexity index is 445. The fraction of sp³-hybridized carbons (Fsp3) is 0.143. The Balaban J connectivity index is 3.35. The molecule has 16 heavy (non-hydrogen) atoms. The third kappa shape index (κ3) is 2.08. The SMILES string of the molecule is O=[N+]([O-])c1ccccc1C([N+](=O)[O-])[N+](=O)[O-]. The van der Waals surface area contributed by atoms with Gasteiger partial charge in [0.05, 0.1) is 4.92 Å². The summed E-state index contributed by atoms with van der Waals surface area (Å²) in [6, 6.07) is 4.52. The second kappa shape index (κ2) is 4.29. The number of hydrogen-bond acceptors (Lipinski definition) is 6. The zero-order valence-electron chi connectivity index (χ0n) is 7.68. The Labute approximate surface area is 87.8 Å². The molecule has 0 saturated heterocycles. The van der Waals surface area contributed by atoms with Gasteiger partial charge >= 0.3 is 6.17 Å². The molecular weight excluding hydrogens is 222 g/mol. The molecule has 0 radical (unpaired) electrons. The molecule has 0 aliphatic heterocycles. The highest BCUT2D eigenvalue weighted by Gasteiger charge is 2.40. The van der Waals surface area contributed by atoms with Crippen LogP contribution in [0, 0.1) is 30.3 Å². The maximum absolute atomic E-state index is 10.5. The van der Waals surface area contributed by atoms with E-state index in [1.807, 2.05) is 0 Å². The lowest BCUT2D eigenvalue weighted by molar-refractivity contribution is -0.753. The first-order valence-corrected chi connectivity index (χ1v) is 3.95. The topological polar surface area (TPSA) is 129 Å². The average Bonchev–Trinajstić information content (AvgIpc) is 2.17. The van der Waals surface area contributed by atoms with Crippen molar-refractivity contribution < 1.29 is 14.8 Å². The molecule has 0 atom stereocenters. The van der Waals surface area contributed by atoms with Gasteiger partial charge in [-0.15, -0.1) is 0 Å². The van der Waals surface area contributed by atoms with Crippen molar-refractivity contribution in [2.45, 2.75) is 6.17 Å². The smallest absolute Gasteiger partial charge is 0.258 e. The first-order valence-electron chi connectivity index (χ1n) is 3.95. The highest BCUT2D eigenvalue weighted by Crippen LogP contribution is 2.26. The molecule has 0 N–H and O–H groups in total. The number of hydrogen-bond donors (Lipinski definition) is 0. The van der Waals surface area contributed by atoms with Crippen molar-refractivity contribution in [3.05, 3.63) is 60.2 Å². The molecule has 0 spiro atoms. The number of nitro groups is 3. The molecular formula is C7H5N3O6. The lowest BCUT2D eigenvalue weighted by Crippen LogP contribution is -2.20. The van der Waals surface area contributed by atoms with E-state index in [1.54, 1.807) is 0 Å². The van der Waals surface area contributed by atoms with Crippen molar-refractivity contribution >= 4 is 5.69 Å². The summed E-state index contributed by atoms with van der Waals surface area (Å²) in [6.07, 6.45) is -2.32. The minimum absolute atomic E-state index is 0.539. The van der Waals surface area contributed by atoms with Gasteiger partial charge in [0.2, 0.25) is 0 Å². The quantitative estimate of drug-likeness (QED) is 0.430. The Morgan fingerprint density at radius 2 is 1.44 bits per heavy atom. The average molecular weight is 227 g/mol. The summed E-state index contributed by atoms with van der Waals surface area (Å²) in [4.78, 5) is 28.2. The van der Waals surface area contributed by atoms with E-state index in [9.17, 15) is 30.3 Å². The maximum Gasteiger partial charge on any atom is 0.483 e. The molecule has 1 aromatic rings. The summed E-state index contributed by atoms with van der Waals surface area (Å²) < 4.78 is 0. The summed E-state index contributed by atoms with van der Waals surface area (Å²) in [5.41, 5.74) is -1.18. The molecule has 0 aliphatic carbocycles. The molecule has 0 saturated carbocycles. The van der Waals surface area contributed by atoms with Gasteiger partial charge in [0.1, 0.15) is 9.85 Å². The van der Waals surface area contributed by atoms with E-state index in [0.29, 0.717) is 0 Å². The van der Waals surface area contributed by atoms with Gasteiger partial charge in [0.15, 0.2) is 5.56 Å². The van der Waals surface area contributed by atoms with Gasteiger partial charge in [0, 0.05) is 6.07 Å². The number of nitro benzene ring substituents is 1. The Kier molecular flexibility index (Phi) is 3.09. The van der Waals surface area contributed by atoms with Gasteiger partial charge in [-0.25, -0.2) is 0 Å². The van der Waals surface area contributed by atoms with E-state index < -0.39 is 32.2 Å². The van der Waals surface area contributed by atoms with E-state index in [2.05, 4.69) is 0 Å². The number of para-hydroxylation sites is 1. The third-order valence-electron chi connectivity index (χ3n) is 1.81. The van der Waals surface area contributed by atoms with E-state index in [-0.39, 0.29) is 0 Å². The van der Waals surface area contributed by atoms with Gasteiger partial charge in [-0.1, -0.05) is 12.1 Å². The van der Waals surface area contributed by atoms with Crippen LogP contribution in [-0.4, -0.2) is 14.8 Å². The monoisotopic (exact) mass is 227 g/mol. The second-order valence-electron chi connectivity index (χ2n) is 2.76. The van der Waals surface area contributed by atoms with Crippen LogP contribution in [0.15, 0.2) is 24.3 Å². The standard InChI is InChI=1S/C7H5N3O6/c11-8(12)6-4-2-1-3-5(6)7(9(13)14)10(15)16/h1-4,7H. The summed E-state index contributed by atoms with van der Waals surface area (Å²) in [6.45, 7) is 0. The molecule has 0 bridgehead atoms. The summed E-state index contributed by atoms with van der Waals surface area (Å²) >= 11 is 0. The van der Waals surface area contributed by atoms with Crippen LogP contribution < -0.4 is 0 Å². The molecule has 84 valence electrons. The van der Waals surface area contributed by atoms with E-state index in [4.69, 9.17) is 0 Å². The van der Waals surface area contributed by atoms with Crippen molar-refractivity contribution in [2.24, 2.45) is 0 Å². The molecule has 0 aromatic heterocycles. The van der Waals surface area contributed by atoms with Crippen LogP contribution in [0.2, 0.25) is 0 Å². The van der Waals surface area contributed by atoms with Crippen LogP contribution in [0.5, 0.6) is 0 Å². The molecule has 0 aliphatic rings. The fourth-order valence-corrected chi connectivity index (χ4v) is 1.18. The number of nitrogens with zero attached hydrogens (tertiary/aromatic N) is 3. The second-order valence-corrected chi connectivity index (χ2v) is 2.76. The minimum atomic E-state index is -2.32. The zero-order valence-corrected chi connectivity index (χ0v) is 7.68. The highest BCUT2D eigenvalue weighted by atomic mass is 16.7. The maximum atomic E-state index is 10.5. The number of benzene rings is 1. The van der Waals surface area contributed by atoms with Crippen LogP contribution in [-0.2, 0) is 0 Å².